The van der Waals surface area contributed by atoms with E-state index in [4.69, 9.17) is 15.6 Å². The highest BCUT2D eigenvalue weighted by Gasteiger charge is 2.18. The molecule has 4 N–H and O–H groups in total. The lowest BCUT2D eigenvalue weighted by Crippen LogP contribution is -2.16. The van der Waals surface area contributed by atoms with Crippen molar-refractivity contribution in [2.45, 2.75) is 19.8 Å². The summed E-state index contributed by atoms with van der Waals surface area (Å²) in [6, 6.07) is 6.59. The van der Waals surface area contributed by atoms with Gasteiger partial charge in [-0.1, -0.05) is 6.07 Å². The molecule has 0 saturated carbocycles. The van der Waals surface area contributed by atoms with Crippen molar-refractivity contribution in [3.05, 3.63) is 53.1 Å². The van der Waals surface area contributed by atoms with Crippen molar-refractivity contribution in [2.75, 3.05) is 18.5 Å². The van der Waals surface area contributed by atoms with E-state index >= 15 is 0 Å². The minimum absolute atomic E-state index is 0.00862. The molecule has 1 amide bonds. The summed E-state index contributed by atoms with van der Waals surface area (Å²) in [6.45, 7) is 1.93. The predicted octanol–water partition coefficient (Wildman–Crippen LogP) is 3.27. The van der Waals surface area contributed by atoms with Crippen molar-refractivity contribution in [3.63, 3.8) is 0 Å². The zero-order chi connectivity index (χ0) is 18.4. The van der Waals surface area contributed by atoms with Crippen LogP contribution >= 0.6 is 0 Å². The number of hydrogen-bond acceptors (Lipinski definition) is 4. The van der Waals surface area contributed by atoms with E-state index in [2.05, 4.69) is 5.32 Å². The second-order valence-electron chi connectivity index (χ2n) is 5.58. The Balaban J connectivity index is 2.35. The summed E-state index contributed by atoms with van der Waals surface area (Å²) in [4.78, 5) is 11.8. The standard InChI is InChI=1S/C18H20F2N2O3/c1-11-4-5-14(13(20)8-11)22-15-9-12(19)10-16(17(15)18(21)24)25-7-3-2-6-23/h4-5,8-10,22-23H,2-3,6-7H2,1H3,(H2,21,24). The number of unbranched alkanes of at least 4 members (excludes halogenated alkanes) is 1. The summed E-state index contributed by atoms with van der Waals surface area (Å²) < 4.78 is 33.4. The van der Waals surface area contributed by atoms with Gasteiger partial charge in [-0.2, -0.15) is 0 Å². The molecule has 0 spiro atoms. The summed E-state index contributed by atoms with van der Waals surface area (Å²) >= 11 is 0. The molecule has 0 radical (unpaired) electrons. The zero-order valence-corrected chi connectivity index (χ0v) is 13.8. The van der Waals surface area contributed by atoms with Gasteiger partial charge in [-0.3, -0.25) is 4.79 Å². The normalized spacial score (nSPS) is 10.6. The van der Waals surface area contributed by atoms with E-state index in [1.807, 2.05) is 0 Å². The first kappa shape index (κ1) is 18.7. The van der Waals surface area contributed by atoms with Crippen LogP contribution in [0.25, 0.3) is 0 Å². The SMILES string of the molecule is Cc1ccc(Nc2cc(F)cc(OCCCCO)c2C(N)=O)c(F)c1. The molecule has 0 aromatic heterocycles. The molecular formula is C18H20F2N2O3. The van der Waals surface area contributed by atoms with E-state index in [9.17, 15) is 13.6 Å². The average molecular weight is 350 g/mol. The van der Waals surface area contributed by atoms with Gasteiger partial charge >= 0.3 is 0 Å². The van der Waals surface area contributed by atoms with Gasteiger partial charge in [-0.15, -0.1) is 0 Å². The van der Waals surface area contributed by atoms with E-state index < -0.39 is 17.5 Å². The number of halogens is 2. The molecule has 0 bridgehead atoms. The number of nitrogens with two attached hydrogens (primary N) is 1. The number of aliphatic hydroxyl groups excluding tert-OH is 1. The van der Waals surface area contributed by atoms with Gasteiger partial charge in [0.15, 0.2) is 0 Å². The fraction of sp³-hybridized carbons (Fsp3) is 0.278. The molecule has 2 aromatic rings. The van der Waals surface area contributed by atoms with E-state index in [0.717, 1.165) is 17.7 Å². The van der Waals surface area contributed by atoms with Crippen molar-refractivity contribution in [1.82, 2.24) is 0 Å². The summed E-state index contributed by atoms with van der Waals surface area (Å²) in [5.41, 5.74) is 6.17. The van der Waals surface area contributed by atoms with Crippen LogP contribution < -0.4 is 15.8 Å². The van der Waals surface area contributed by atoms with Crippen molar-refractivity contribution in [3.8, 4) is 5.75 Å². The molecule has 2 rings (SSSR count). The van der Waals surface area contributed by atoms with Crippen LogP contribution in [-0.4, -0.2) is 24.2 Å². The molecule has 0 fully saturated rings. The summed E-state index contributed by atoms with van der Waals surface area (Å²) in [5.74, 6) is -2.05. The number of hydrogen-bond donors (Lipinski definition) is 3. The van der Waals surface area contributed by atoms with E-state index in [-0.39, 0.29) is 35.9 Å². The van der Waals surface area contributed by atoms with Gasteiger partial charge in [0.05, 0.1) is 18.0 Å². The van der Waals surface area contributed by atoms with Crippen molar-refractivity contribution < 1.29 is 23.4 Å². The Hall–Kier alpha value is -2.67. The van der Waals surface area contributed by atoms with Gasteiger partial charge in [0.1, 0.15) is 22.9 Å². The molecule has 7 heteroatoms. The smallest absolute Gasteiger partial charge is 0.254 e. The van der Waals surface area contributed by atoms with E-state index in [1.165, 1.54) is 12.1 Å². The molecule has 0 saturated heterocycles. The molecule has 0 aliphatic heterocycles. The highest BCUT2D eigenvalue weighted by molar-refractivity contribution is 6.02. The molecule has 134 valence electrons. The number of ether oxygens (including phenoxy) is 1. The van der Waals surface area contributed by atoms with Gasteiger partial charge in [0.2, 0.25) is 0 Å². The summed E-state index contributed by atoms with van der Waals surface area (Å²) in [6.07, 6.45) is 1.04. The third kappa shape index (κ3) is 4.90. The number of anilines is 2. The zero-order valence-electron chi connectivity index (χ0n) is 13.8. The van der Waals surface area contributed by atoms with Crippen LogP contribution in [0.4, 0.5) is 20.2 Å². The highest BCUT2D eigenvalue weighted by Crippen LogP contribution is 2.31. The van der Waals surface area contributed by atoms with E-state index in [1.54, 1.807) is 13.0 Å². The number of amides is 1. The molecule has 0 unspecified atom stereocenters. The van der Waals surface area contributed by atoms with Gasteiger partial charge in [-0.05, 0) is 43.5 Å². The lowest BCUT2D eigenvalue weighted by Gasteiger charge is -2.16. The third-order valence-electron chi connectivity index (χ3n) is 3.52. The lowest BCUT2D eigenvalue weighted by molar-refractivity contribution is 0.0997. The maximum Gasteiger partial charge on any atom is 0.254 e. The number of aryl methyl sites for hydroxylation is 1. The topological polar surface area (TPSA) is 84.6 Å². The lowest BCUT2D eigenvalue weighted by atomic mass is 10.1. The minimum atomic E-state index is -0.827. The maximum absolute atomic E-state index is 14.0. The van der Waals surface area contributed by atoms with Crippen LogP contribution in [0.3, 0.4) is 0 Å². The fourth-order valence-electron chi connectivity index (χ4n) is 2.31. The summed E-state index contributed by atoms with van der Waals surface area (Å²) in [5, 5.41) is 11.5. The molecule has 0 atom stereocenters. The molecule has 0 aliphatic carbocycles. The Morgan fingerprint density at radius 3 is 2.60 bits per heavy atom. The molecule has 5 nitrogen and oxygen atoms in total. The van der Waals surface area contributed by atoms with Crippen LogP contribution in [-0.2, 0) is 0 Å². The molecule has 0 heterocycles. The Kier molecular flexibility index (Phi) is 6.30. The predicted molar refractivity (Wildman–Crippen MR) is 91.2 cm³/mol. The largest absolute Gasteiger partial charge is 0.493 e. The van der Waals surface area contributed by atoms with Crippen LogP contribution in [0.5, 0.6) is 5.75 Å². The molecule has 2 aromatic carbocycles. The van der Waals surface area contributed by atoms with Crippen molar-refractivity contribution in [1.29, 1.82) is 0 Å². The number of aliphatic hydroxyl groups is 1. The minimum Gasteiger partial charge on any atom is -0.493 e. The second kappa shape index (κ2) is 8.43. The van der Waals surface area contributed by atoms with Crippen LogP contribution in [0.1, 0.15) is 28.8 Å². The van der Waals surface area contributed by atoms with Crippen molar-refractivity contribution >= 4 is 17.3 Å². The first-order chi connectivity index (χ1) is 11.9. The number of benzene rings is 2. The molecule has 0 aliphatic rings. The third-order valence-corrected chi connectivity index (χ3v) is 3.52. The van der Waals surface area contributed by atoms with Crippen LogP contribution in [0.15, 0.2) is 30.3 Å². The number of carbonyl (C=O) groups is 1. The van der Waals surface area contributed by atoms with Crippen LogP contribution in [0, 0.1) is 18.6 Å². The number of carbonyl (C=O) groups excluding carboxylic acids is 1. The Labute approximate surface area is 144 Å². The number of primary amides is 1. The summed E-state index contributed by atoms with van der Waals surface area (Å²) in [7, 11) is 0. The first-order valence-corrected chi connectivity index (χ1v) is 7.82. The van der Waals surface area contributed by atoms with Crippen molar-refractivity contribution in [2.24, 2.45) is 5.73 Å². The quantitative estimate of drug-likeness (QED) is 0.638. The first-order valence-electron chi connectivity index (χ1n) is 7.82. The van der Waals surface area contributed by atoms with Gasteiger partial charge in [0.25, 0.3) is 5.91 Å². The maximum atomic E-state index is 14.0. The average Bonchev–Trinajstić information content (AvgIpc) is 2.53. The highest BCUT2D eigenvalue weighted by atomic mass is 19.1. The Bertz CT molecular complexity index is 766. The van der Waals surface area contributed by atoms with E-state index in [0.29, 0.717) is 12.8 Å². The number of nitrogens with one attached hydrogen (secondary N) is 1. The molecular weight excluding hydrogens is 330 g/mol. The second-order valence-corrected chi connectivity index (χ2v) is 5.58. The number of rotatable bonds is 8. The van der Waals surface area contributed by atoms with Gasteiger partial charge < -0.3 is 20.9 Å². The van der Waals surface area contributed by atoms with Gasteiger partial charge in [-0.25, -0.2) is 8.78 Å². The molecule has 25 heavy (non-hydrogen) atoms. The fourth-order valence-corrected chi connectivity index (χ4v) is 2.31. The Morgan fingerprint density at radius 2 is 1.96 bits per heavy atom. The van der Waals surface area contributed by atoms with Gasteiger partial charge in [0, 0.05) is 12.7 Å². The van der Waals surface area contributed by atoms with Crippen LogP contribution in [0.2, 0.25) is 0 Å². The Morgan fingerprint density at radius 1 is 1.20 bits per heavy atom. The monoisotopic (exact) mass is 350 g/mol.